The molecule has 0 aliphatic heterocycles. The fourth-order valence-corrected chi connectivity index (χ4v) is 2.25. The fourth-order valence-electron chi connectivity index (χ4n) is 2.25. The van der Waals surface area contributed by atoms with Crippen LogP contribution in [0.3, 0.4) is 0 Å². The lowest BCUT2D eigenvalue weighted by Gasteiger charge is -2.14. The number of hydrogen-bond acceptors (Lipinski definition) is 2. The second kappa shape index (κ2) is 5.25. The Balaban J connectivity index is 2.41. The number of aryl methyl sites for hydroxylation is 4. The monoisotopic (exact) mass is 243 g/mol. The standard InChI is InChI=1S/C15H21N3/c1-5-12-8-7-9-13(6-2)14(12)17-15-16-11(3)10-18(15)4/h7-10H,5-6H2,1-4H3,(H,16,17). The van der Waals surface area contributed by atoms with Gasteiger partial charge in [-0.3, -0.25) is 0 Å². The second-order valence-corrected chi connectivity index (χ2v) is 4.60. The first-order valence-electron chi connectivity index (χ1n) is 6.53. The van der Waals surface area contributed by atoms with Gasteiger partial charge in [0, 0.05) is 18.9 Å². The molecule has 0 bridgehead atoms. The summed E-state index contributed by atoms with van der Waals surface area (Å²) in [5.74, 6) is 0.906. The zero-order chi connectivity index (χ0) is 13.1. The number of nitrogens with zero attached hydrogens (tertiary/aromatic N) is 2. The molecule has 1 N–H and O–H groups in total. The smallest absolute Gasteiger partial charge is 0.207 e. The normalized spacial score (nSPS) is 10.7. The van der Waals surface area contributed by atoms with E-state index in [-0.39, 0.29) is 0 Å². The van der Waals surface area contributed by atoms with E-state index in [0.29, 0.717) is 0 Å². The van der Waals surface area contributed by atoms with E-state index in [9.17, 15) is 0 Å². The predicted molar refractivity (Wildman–Crippen MR) is 76.4 cm³/mol. The van der Waals surface area contributed by atoms with Gasteiger partial charge in [0.05, 0.1) is 5.69 Å². The highest BCUT2D eigenvalue weighted by atomic mass is 15.2. The minimum absolute atomic E-state index is 0.906. The highest BCUT2D eigenvalue weighted by Crippen LogP contribution is 2.25. The third-order valence-corrected chi connectivity index (χ3v) is 3.23. The number of hydrogen-bond donors (Lipinski definition) is 1. The Bertz CT molecular complexity index is 518. The molecule has 2 aromatic rings. The van der Waals surface area contributed by atoms with Crippen LogP contribution in [0.25, 0.3) is 0 Å². The van der Waals surface area contributed by atoms with Crippen LogP contribution in [-0.4, -0.2) is 9.55 Å². The van der Waals surface area contributed by atoms with Gasteiger partial charge < -0.3 is 9.88 Å². The Hall–Kier alpha value is -1.77. The summed E-state index contributed by atoms with van der Waals surface area (Å²) in [6.45, 7) is 6.38. The van der Waals surface area contributed by atoms with Crippen LogP contribution in [0, 0.1) is 6.92 Å². The van der Waals surface area contributed by atoms with Gasteiger partial charge in [-0.05, 0) is 30.9 Å². The first-order valence-corrected chi connectivity index (χ1v) is 6.53. The van der Waals surface area contributed by atoms with Crippen LogP contribution in [0.15, 0.2) is 24.4 Å². The van der Waals surface area contributed by atoms with Crippen molar-refractivity contribution in [3.05, 3.63) is 41.2 Å². The molecule has 0 aliphatic rings. The molecule has 18 heavy (non-hydrogen) atoms. The van der Waals surface area contributed by atoms with Gasteiger partial charge >= 0.3 is 0 Å². The number of benzene rings is 1. The van der Waals surface area contributed by atoms with Crippen LogP contribution in [0.2, 0.25) is 0 Å². The molecule has 3 nitrogen and oxygen atoms in total. The van der Waals surface area contributed by atoms with Crippen molar-refractivity contribution in [3.8, 4) is 0 Å². The van der Waals surface area contributed by atoms with Crippen molar-refractivity contribution in [3.63, 3.8) is 0 Å². The van der Waals surface area contributed by atoms with Crippen molar-refractivity contribution >= 4 is 11.6 Å². The second-order valence-electron chi connectivity index (χ2n) is 4.60. The molecule has 0 amide bonds. The molecule has 1 aromatic carbocycles. The SMILES string of the molecule is CCc1cccc(CC)c1Nc1nc(C)cn1C. The molecule has 0 radical (unpaired) electrons. The summed E-state index contributed by atoms with van der Waals surface area (Å²) in [5.41, 5.74) is 4.94. The number of nitrogens with one attached hydrogen (secondary N) is 1. The van der Waals surface area contributed by atoms with Crippen molar-refractivity contribution in [1.82, 2.24) is 9.55 Å². The van der Waals surface area contributed by atoms with E-state index < -0.39 is 0 Å². The predicted octanol–water partition coefficient (Wildman–Crippen LogP) is 3.60. The summed E-state index contributed by atoms with van der Waals surface area (Å²) in [6, 6.07) is 6.49. The first-order chi connectivity index (χ1) is 8.65. The van der Waals surface area contributed by atoms with Gasteiger partial charge in [0.25, 0.3) is 0 Å². The van der Waals surface area contributed by atoms with Gasteiger partial charge in [-0.2, -0.15) is 0 Å². The number of anilines is 2. The maximum absolute atomic E-state index is 4.51. The molecule has 3 heteroatoms. The average Bonchev–Trinajstić information content (AvgIpc) is 2.68. The fraction of sp³-hybridized carbons (Fsp3) is 0.400. The highest BCUT2D eigenvalue weighted by Gasteiger charge is 2.09. The summed E-state index contributed by atoms with van der Waals surface area (Å²) in [6.07, 6.45) is 4.08. The van der Waals surface area contributed by atoms with Crippen molar-refractivity contribution in [1.29, 1.82) is 0 Å². The summed E-state index contributed by atoms with van der Waals surface area (Å²) < 4.78 is 2.03. The third-order valence-electron chi connectivity index (χ3n) is 3.23. The minimum atomic E-state index is 0.906. The molecular weight excluding hydrogens is 222 g/mol. The van der Waals surface area contributed by atoms with Crippen molar-refractivity contribution in [2.45, 2.75) is 33.6 Å². The Morgan fingerprint density at radius 3 is 2.22 bits per heavy atom. The molecule has 0 atom stereocenters. The van der Waals surface area contributed by atoms with E-state index in [1.165, 1.54) is 16.8 Å². The zero-order valence-corrected chi connectivity index (χ0v) is 11.6. The Kier molecular flexibility index (Phi) is 3.70. The van der Waals surface area contributed by atoms with Crippen molar-refractivity contribution in [2.24, 2.45) is 7.05 Å². The number of rotatable bonds is 4. The molecule has 0 unspecified atom stereocenters. The van der Waals surface area contributed by atoms with Gasteiger partial charge in [-0.1, -0.05) is 32.0 Å². The molecule has 0 spiro atoms. The maximum atomic E-state index is 4.51. The van der Waals surface area contributed by atoms with Crippen LogP contribution in [-0.2, 0) is 19.9 Å². The van der Waals surface area contributed by atoms with Crippen molar-refractivity contribution < 1.29 is 0 Å². The van der Waals surface area contributed by atoms with Gasteiger partial charge in [0.15, 0.2) is 0 Å². The molecule has 1 heterocycles. The van der Waals surface area contributed by atoms with E-state index in [4.69, 9.17) is 0 Å². The number of para-hydroxylation sites is 1. The van der Waals surface area contributed by atoms with Gasteiger partial charge in [0.1, 0.15) is 0 Å². The molecule has 1 aromatic heterocycles. The summed E-state index contributed by atoms with van der Waals surface area (Å²) in [7, 11) is 2.02. The molecule has 2 rings (SSSR count). The van der Waals surface area contributed by atoms with Gasteiger partial charge in [-0.15, -0.1) is 0 Å². The summed E-state index contributed by atoms with van der Waals surface area (Å²) >= 11 is 0. The quantitative estimate of drug-likeness (QED) is 0.889. The minimum Gasteiger partial charge on any atom is -0.325 e. The molecule has 0 fully saturated rings. The largest absolute Gasteiger partial charge is 0.325 e. The lowest BCUT2D eigenvalue weighted by molar-refractivity contribution is 0.920. The Morgan fingerprint density at radius 1 is 1.17 bits per heavy atom. The summed E-state index contributed by atoms with van der Waals surface area (Å²) in [5, 5.41) is 3.48. The number of aromatic nitrogens is 2. The van der Waals surface area contributed by atoms with Gasteiger partial charge in [0.2, 0.25) is 5.95 Å². The van der Waals surface area contributed by atoms with E-state index in [2.05, 4.69) is 42.3 Å². The summed E-state index contributed by atoms with van der Waals surface area (Å²) in [4.78, 5) is 4.51. The van der Waals surface area contributed by atoms with E-state index in [0.717, 1.165) is 24.5 Å². The molecular formula is C15H21N3. The van der Waals surface area contributed by atoms with E-state index in [1.807, 2.05) is 24.7 Å². The van der Waals surface area contributed by atoms with Crippen LogP contribution >= 0.6 is 0 Å². The Morgan fingerprint density at radius 2 is 1.78 bits per heavy atom. The number of imidazole rings is 1. The van der Waals surface area contributed by atoms with Crippen LogP contribution in [0.1, 0.15) is 30.7 Å². The van der Waals surface area contributed by atoms with Crippen molar-refractivity contribution in [2.75, 3.05) is 5.32 Å². The van der Waals surface area contributed by atoms with E-state index in [1.54, 1.807) is 0 Å². The lowest BCUT2D eigenvalue weighted by Crippen LogP contribution is -2.04. The van der Waals surface area contributed by atoms with Crippen LogP contribution in [0.4, 0.5) is 11.6 Å². The van der Waals surface area contributed by atoms with Gasteiger partial charge in [-0.25, -0.2) is 4.98 Å². The molecule has 96 valence electrons. The topological polar surface area (TPSA) is 29.9 Å². The Labute approximate surface area is 109 Å². The van der Waals surface area contributed by atoms with Crippen LogP contribution in [0.5, 0.6) is 0 Å². The third kappa shape index (κ3) is 2.40. The molecule has 0 saturated carbocycles. The lowest BCUT2D eigenvalue weighted by atomic mass is 10.0. The molecule has 0 saturated heterocycles. The molecule has 0 aliphatic carbocycles. The first kappa shape index (κ1) is 12.7. The van der Waals surface area contributed by atoms with E-state index >= 15 is 0 Å². The maximum Gasteiger partial charge on any atom is 0.207 e. The average molecular weight is 243 g/mol. The zero-order valence-electron chi connectivity index (χ0n) is 11.6. The van der Waals surface area contributed by atoms with Crippen LogP contribution < -0.4 is 5.32 Å². The highest BCUT2D eigenvalue weighted by molar-refractivity contribution is 5.64.